The SMILES string of the molecule is COc1cccc(C2(O)C[C@H]3CN(CC(=O)c4cccc(F)c4)C[C@H]3C2)c1. The second kappa shape index (κ2) is 7.06. The monoisotopic (exact) mass is 369 g/mol. The molecule has 1 aliphatic carbocycles. The zero-order valence-corrected chi connectivity index (χ0v) is 15.4. The molecule has 1 saturated carbocycles. The van der Waals surface area contributed by atoms with E-state index in [1.54, 1.807) is 19.2 Å². The summed E-state index contributed by atoms with van der Waals surface area (Å²) in [6, 6.07) is 13.5. The second-order valence-corrected chi connectivity index (χ2v) is 7.82. The van der Waals surface area contributed by atoms with Crippen molar-refractivity contribution in [1.29, 1.82) is 0 Å². The first-order chi connectivity index (χ1) is 13.0. The van der Waals surface area contributed by atoms with Crippen molar-refractivity contribution in [3.63, 3.8) is 0 Å². The van der Waals surface area contributed by atoms with Crippen molar-refractivity contribution in [1.82, 2.24) is 4.90 Å². The molecule has 1 unspecified atom stereocenters. The van der Waals surface area contributed by atoms with Gasteiger partial charge >= 0.3 is 0 Å². The summed E-state index contributed by atoms with van der Waals surface area (Å²) >= 11 is 0. The van der Waals surface area contributed by atoms with Gasteiger partial charge in [0.2, 0.25) is 0 Å². The molecule has 0 bridgehead atoms. The topological polar surface area (TPSA) is 49.8 Å². The molecule has 4 rings (SSSR count). The van der Waals surface area contributed by atoms with E-state index >= 15 is 0 Å². The van der Waals surface area contributed by atoms with Crippen molar-refractivity contribution in [2.75, 3.05) is 26.7 Å². The number of likely N-dealkylation sites (tertiary alicyclic amines) is 1. The van der Waals surface area contributed by atoms with Crippen molar-refractivity contribution in [2.45, 2.75) is 18.4 Å². The Morgan fingerprint density at radius 1 is 1.19 bits per heavy atom. The van der Waals surface area contributed by atoms with Crippen LogP contribution in [0.15, 0.2) is 48.5 Å². The minimum atomic E-state index is -0.831. The third-order valence-corrected chi connectivity index (χ3v) is 5.97. The van der Waals surface area contributed by atoms with E-state index in [9.17, 15) is 14.3 Å². The number of ether oxygens (including phenoxy) is 1. The van der Waals surface area contributed by atoms with Crippen LogP contribution in [0.3, 0.4) is 0 Å². The third kappa shape index (κ3) is 3.62. The van der Waals surface area contributed by atoms with Gasteiger partial charge in [-0.05, 0) is 54.5 Å². The number of fused-ring (bicyclic) bond motifs is 1. The average molecular weight is 369 g/mol. The molecule has 0 spiro atoms. The normalized spacial score (nSPS) is 27.5. The van der Waals surface area contributed by atoms with Crippen molar-refractivity contribution >= 4 is 5.78 Å². The van der Waals surface area contributed by atoms with Gasteiger partial charge < -0.3 is 9.84 Å². The van der Waals surface area contributed by atoms with Gasteiger partial charge in [-0.3, -0.25) is 9.69 Å². The van der Waals surface area contributed by atoms with Crippen molar-refractivity contribution in [3.05, 3.63) is 65.5 Å². The molecule has 2 aromatic carbocycles. The molecular weight excluding hydrogens is 345 g/mol. The van der Waals surface area contributed by atoms with E-state index in [0.29, 0.717) is 36.8 Å². The quantitative estimate of drug-likeness (QED) is 0.822. The molecule has 1 heterocycles. The van der Waals surface area contributed by atoms with E-state index in [1.807, 2.05) is 24.3 Å². The Balaban J connectivity index is 1.40. The van der Waals surface area contributed by atoms with Crippen LogP contribution in [0.4, 0.5) is 4.39 Å². The van der Waals surface area contributed by atoms with E-state index in [-0.39, 0.29) is 11.6 Å². The number of methoxy groups -OCH3 is 1. The number of aliphatic hydroxyl groups is 1. The molecule has 2 fully saturated rings. The maximum absolute atomic E-state index is 13.3. The Hall–Kier alpha value is -2.24. The molecule has 0 aromatic heterocycles. The van der Waals surface area contributed by atoms with Crippen molar-refractivity contribution in [3.8, 4) is 5.75 Å². The van der Waals surface area contributed by atoms with Gasteiger partial charge in [-0.2, -0.15) is 0 Å². The fourth-order valence-corrected chi connectivity index (χ4v) is 4.68. The molecule has 1 saturated heterocycles. The van der Waals surface area contributed by atoms with Gasteiger partial charge in [-0.1, -0.05) is 24.3 Å². The number of hydrogen-bond donors (Lipinski definition) is 1. The fraction of sp³-hybridized carbons (Fsp3) is 0.409. The van der Waals surface area contributed by atoms with Gasteiger partial charge in [0, 0.05) is 18.7 Å². The van der Waals surface area contributed by atoms with Crippen LogP contribution in [0.1, 0.15) is 28.8 Å². The lowest BCUT2D eigenvalue weighted by Gasteiger charge is -2.26. The highest BCUT2D eigenvalue weighted by molar-refractivity contribution is 5.97. The lowest BCUT2D eigenvalue weighted by molar-refractivity contribution is 0.0313. The molecule has 0 radical (unpaired) electrons. The Kier molecular flexibility index (Phi) is 4.74. The van der Waals surface area contributed by atoms with Gasteiger partial charge in [0.25, 0.3) is 0 Å². The molecule has 1 aliphatic heterocycles. The Morgan fingerprint density at radius 3 is 2.56 bits per heavy atom. The molecule has 1 N–H and O–H groups in total. The molecule has 4 nitrogen and oxygen atoms in total. The Labute approximate surface area is 158 Å². The number of Topliss-reactive ketones (excluding diaryl/α,β-unsaturated/α-hetero) is 1. The van der Waals surface area contributed by atoms with Crippen LogP contribution in [0.2, 0.25) is 0 Å². The summed E-state index contributed by atoms with van der Waals surface area (Å²) in [5.41, 5.74) is 0.487. The zero-order valence-electron chi connectivity index (χ0n) is 15.4. The maximum atomic E-state index is 13.3. The van der Waals surface area contributed by atoms with Crippen LogP contribution in [0, 0.1) is 17.7 Å². The van der Waals surface area contributed by atoms with Crippen molar-refractivity contribution < 1.29 is 19.0 Å². The number of rotatable bonds is 5. The highest BCUT2D eigenvalue weighted by atomic mass is 19.1. The number of carbonyl (C=O) groups excluding carboxylic acids is 1. The largest absolute Gasteiger partial charge is 0.497 e. The van der Waals surface area contributed by atoms with Gasteiger partial charge in [0.1, 0.15) is 11.6 Å². The molecule has 2 aromatic rings. The van der Waals surface area contributed by atoms with Gasteiger partial charge in [0.05, 0.1) is 19.3 Å². The Bertz CT molecular complexity index is 839. The summed E-state index contributed by atoms with van der Waals surface area (Å²) in [6.07, 6.45) is 1.38. The predicted molar refractivity (Wildman–Crippen MR) is 100 cm³/mol. The molecule has 142 valence electrons. The van der Waals surface area contributed by atoms with Crippen LogP contribution in [0.25, 0.3) is 0 Å². The Morgan fingerprint density at radius 2 is 1.89 bits per heavy atom. The summed E-state index contributed by atoms with van der Waals surface area (Å²) in [5.74, 6) is 1.03. The number of ketones is 1. The number of halogens is 1. The number of hydrogen-bond acceptors (Lipinski definition) is 4. The van der Waals surface area contributed by atoms with E-state index in [2.05, 4.69) is 4.90 Å². The second-order valence-electron chi connectivity index (χ2n) is 7.82. The zero-order chi connectivity index (χ0) is 19.0. The van der Waals surface area contributed by atoms with E-state index < -0.39 is 5.60 Å². The van der Waals surface area contributed by atoms with Gasteiger partial charge in [0.15, 0.2) is 5.78 Å². The highest BCUT2D eigenvalue weighted by Gasteiger charge is 2.49. The lowest BCUT2D eigenvalue weighted by Crippen LogP contribution is -2.31. The highest BCUT2D eigenvalue weighted by Crippen LogP contribution is 2.49. The number of nitrogens with zero attached hydrogens (tertiary/aromatic N) is 1. The standard InChI is InChI=1S/C22H24FNO3/c1-27-20-7-3-5-18(9-20)22(26)10-16-12-24(13-17(16)11-22)14-21(25)15-4-2-6-19(23)8-15/h2-9,16-17,26H,10-14H2,1H3/t16-,17+,22?. The first-order valence-corrected chi connectivity index (χ1v) is 9.35. The smallest absolute Gasteiger partial charge is 0.176 e. The van der Waals surface area contributed by atoms with E-state index in [1.165, 1.54) is 12.1 Å². The summed E-state index contributed by atoms with van der Waals surface area (Å²) in [5, 5.41) is 11.2. The van der Waals surface area contributed by atoms with Gasteiger partial charge in [-0.15, -0.1) is 0 Å². The first kappa shape index (κ1) is 18.1. The minimum Gasteiger partial charge on any atom is -0.497 e. The van der Waals surface area contributed by atoms with Crippen LogP contribution in [0.5, 0.6) is 5.75 Å². The van der Waals surface area contributed by atoms with E-state index in [4.69, 9.17) is 4.74 Å². The molecular formula is C22H24FNO3. The summed E-state index contributed by atoms with van der Waals surface area (Å²) < 4.78 is 18.6. The molecule has 0 amide bonds. The van der Waals surface area contributed by atoms with Crippen LogP contribution in [-0.4, -0.2) is 42.5 Å². The van der Waals surface area contributed by atoms with Gasteiger partial charge in [-0.25, -0.2) is 4.39 Å². The third-order valence-electron chi connectivity index (χ3n) is 5.97. The van der Waals surface area contributed by atoms with Crippen LogP contribution < -0.4 is 4.74 Å². The maximum Gasteiger partial charge on any atom is 0.176 e. The summed E-state index contributed by atoms with van der Waals surface area (Å²) in [6.45, 7) is 1.88. The van der Waals surface area contributed by atoms with Crippen LogP contribution in [-0.2, 0) is 5.60 Å². The summed E-state index contributed by atoms with van der Waals surface area (Å²) in [4.78, 5) is 14.6. The van der Waals surface area contributed by atoms with Crippen LogP contribution >= 0.6 is 0 Å². The molecule has 5 heteroatoms. The summed E-state index contributed by atoms with van der Waals surface area (Å²) in [7, 11) is 1.63. The lowest BCUT2D eigenvalue weighted by atomic mass is 9.90. The predicted octanol–water partition coefficient (Wildman–Crippen LogP) is 3.25. The number of carbonyl (C=O) groups is 1. The minimum absolute atomic E-state index is 0.0578. The van der Waals surface area contributed by atoms with E-state index in [0.717, 1.165) is 24.4 Å². The fourth-order valence-electron chi connectivity index (χ4n) is 4.68. The number of benzene rings is 2. The van der Waals surface area contributed by atoms with Crippen molar-refractivity contribution in [2.24, 2.45) is 11.8 Å². The molecule has 27 heavy (non-hydrogen) atoms. The molecule has 2 aliphatic rings. The molecule has 3 atom stereocenters. The first-order valence-electron chi connectivity index (χ1n) is 9.35. The average Bonchev–Trinajstić information content (AvgIpc) is 3.16.